The van der Waals surface area contributed by atoms with E-state index in [9.17, 15) is 14.4 Å². The first-order valence-electron chi connectivity index (χ1n) is 12.2. The zero-order valence-electron chi connectivity index (χ0n) is 20.6. The highest BCUT2D eigenvalue weighted by Crippen LogP contribution is 2.35. The topological polar surface area (TPSA) is 88.1 Å². The summed E-state index contributed by atoms with van der Waals surface area (Å²) < 4.78 is 21.0. The van der Waals surface area contributed by atoms with Gasteiger partial charge < -0.3 is 18.9 Å². The van der Waals surface area contributed by atoms with E-state index in [1.54, 1.807) is 24.3 Å². The maximum Gasteiger partial charge on any atom is 0.513 e. The number of benzene rings is 1. The first-order valence-corrected chi connectivity index (χ1v) is 12.2. The molecular formula is C27H38O7. The summed E-state index contributed by atoms with van der Waals surface area (Å²) in [6.45, 7) is 10.5. The van der Waals surface area contributed by atoms with Crippen molar-refractivity contribution < 1.29 is 33.3 Å². The number of esters is 2. The molecule has 1 saturated carbocycles. The van der Waals surface area contributed by atoms with Gasteiger partial charge in [-0.25, -0.2) is 14.4 Å². The minimum Gasteiger partial charge on any atom is -0.463 e. The molecule has 0 heterocycles. The van der Waals surface area contributed by atoms with Crippen molar-refractivity contribution in [3.05, 3.63) is 42.5 Å². The fraction of sp³-hybridized carbons (Fsp3) is 0.593. The van der Waals surface area contributed by atoms with E-state index in [0.29, 0.717) is 42.1 Å². The molecule has 1 fully saturated rings. The van der Waals surface area contributed by atoms with Gasteiger partial charge in [-0.05, 0) is 80.5 Å². The van der Waals surface area contributed by atoms with E-state index >= 15 is 0 Å². The number of ether oxygens (including phenoxy) is 4. The summed E-state index contributed by atoms with van der Waals surface area (Å²) in [5.74, 6) is 0.933. The quantitative estimate of drug-likeness (QED) is 0.119. The summed E-state index contributed by atoms with van der Waals surface area (Å²) in [6.07, 6.45) is 6.57. The van der Waals surface area contributed by atoms with E-state index in [2.05, 4.69) is 27.4 Å². The lowest BCUT2D eigenvalue weighted by molar-refractivity contribution is -0.137. The normalized spacial score (nSPS) is 19.8. The summed E-state index contributed by atoms with van der Waals surface area (Å²) >= 11 is 0. The van der Waals surface area contributed by atoms with E-state index in [1.165, 1.54) is 6.42 Å². The second-order valence-corrected chi connectivity index (χ2v) is 9.28. The molecule has 1 aromatic rings. The standard InChI is InChI=1S/C27H38O7/c1-5-25(28)31-16-8-6-7-9-17-32-27(30)33-22-13-11-21(12-14-22)26(29)34-24-18-20(4)10-15-23(24)19(2)3/h5,11-14,19-20,23-24H,1,6-10,15-18H2,2-4H3. The Labute approximate surface area is 202 Å². The summed E-state index contributed by atoms with van der Waals surface area (Å²) in [5, 5.41) is 0. The van der Waals surface area contributed by atoms with Crippen molar-refractivity contribution in [3.8, 4) is 5.75 Å². The van der Waals surface area contributed by atoms with Crippen LogP contribution >= 0.6 is 0 Å². The molecule has 188 valence electrons. The van der Waals surface area contributed by atoms with Gasteiger partial charge in [0.2, 0.25) is 0 Å². The Morgan fingerprint density at radius 2 is 1.65 bits per heavy atom. The van der Waals surface area contributed by atoms with E-state index < -0.39 is 12.1 Å². The minimum atomic E-state index is -0.786. The number of hydrogen-bond acceptors (Lipinski definition) is 7. The second-order valence-electron chi connectivity index (χ2n) is 9.28. The maximum atomic E-state index is 12.7. The molecule has 1 aliphatic rings. The molecule has 0 saturated heterocycles. The Morgan fingerprint density at radius 3 is 2.26 bits per heavy atom. The molecule has 7 heteroatoms. The first-order chi connectivity index (χ1) is 16.3. The zero-order valence-corrected chi connectivity index (χ0v) is 20.6. The molecule has 0 radical (unpaired) electrons. The maximum absolute atomic E-state index is 12.7. The van der Waals surface area contributed by atoms with Crippen LogP contribution in [0.3, 0.4) is 0 Å². The lowest BCUT2D eigenvalue weighted by Gasteiger charge is -2.36. The largest absolute Gasteiger partial charge is 0.513 e. The first kappa shape index (κ1) is 27.4. The number of unbranched alkanes of at least 4 members (excludes halogenated alkanes) is 3. The van der Waals surface area contributed by atoms with Crippen molar-refractivity contribution in [3.63, 3.8) is 0 Å². The van der Waals surface area contributed by atoms with Gasteiger partial charge >= 0.3 is 18.1 Å². The molecule has 3 unspecified atom stereocenters. The van der Waals surface area contributed by atoms with Gasteiger partial charge in [-0.3, -0.25) is 0 Å². The van der Waals surface area contributed by atoms with Gasteiger partial charge in [-0.2, -0.15) is 0 Å². The summed E-state index contributed by atoms with van der Waals surface area (Å²) in [4.78, 5) is 35.4. The molecule has 3 atom stereocenters. The van der Waals surface area contributed by atoms with E-state index in [1.807, 2.05) is 0 Å². The molecule has 0 spiro atoms. The fourth-order valence-corrected chi connectivity index (χ4v) is 4.19. The van der Waals surface area contributed by atoms with Crippen molar-refractivity contribution >= 4 is 18.1 Å². The monoisotopic (exact) mass is 474 g/mol. The van der Waals surface area contributed by atoms with Crippen LogP contribution in [-0.2, 0) is 19.0 Å². The molecule has 7 nitrogen and oxygen atoms in total. The third-order valence-electron chi connectivity index (χ3n) is 6.18. The number of carbonyl (C=O) groups is 3. The molecule has 0 amide bonds. The van der Waals surface area contributed by atoms with Crippen LogP contribution in [0.25, 0.3) is 0 Å². The van der Waals surface area contributed by atoms with E-state index in [0.717, 1.165) is 38.2 Å². The Kier molecular flexibility index (Phi) is 11.6. The highest BCUT2D eigenvalue weighted by atomic mass is 16.7. The van der Waals surface area contributed by atoms with Crippen molar-refractivity contribution in [2.75, 3.05) is 13.2 Å². The van der Waals surface area contributed by atoms with Crippen LogP contribution in [0.15, 0.2) is 36.9 Å². The predicted octanol–water partition coefficient (Wildman–Crippen LogP) is 6.11. The Bertz CT molecular complexity index is 800. The van der Waals surface area contributed by atoms with Crippen LogP contribution in [0.5, 0.6) is 5.75 Å². The molecule has 0 N–H and O–H groups in total. The molecule has 1 aliphatic carbocycles. The summed E-state index contributed by atoms with van der Waals surface area (Å²) in [5.41, 5.74) is 0.431. The van der Waals surface area contributed by atoms with Gasteiger partial charge in [-0.1, -0.05) is 33.8 Å². The van der Waals surface area contributed by atoms with Gasteiger partial charge in [-0.15, -0.1) is 0 Å². The predicted molar refractivity (Wildman–Crippen MR) is 129 cm³/mol. The Hall–Kier alpha value is -2.83. The highest BCUT2D eigenvalue weighted by molar-refractivity contribution is 5.89. The van der Waals surface area contributed by atoms with Gasteiger partial charge in [0, 0.05) is 6.08 Å². The third kappa shape index (κ3) is 9.57. The average molecular weight is 475 g/mol. The van der Waals surface area contributed by atoms with E-state index in [-0.39, 0.29) is 18.7 Å². The molecule has 2 rings (SSSR count). The van der Waals surface area contributed by atoms with Crippen molar-refractivity contribution in [2.24, 2.45) is 17.8 Å². The van der Waals surface area contributed by atoms with Gasteiger partial charge in [0.05, 0.1) is 18.8 Å². The zero-order chi connectivity index (χ0) is 24.9. The van der Waals surface area contributed by atoms with Crippen LogP contribution in [0, 0.1) is 17.8 Å². The van der Waals surface area contributed by atoms with Crippen LogP contribution in [0.1, 0.15) is 76.1 Å². The molecule has 0 aliphatic heterocycles. The Balaban J connectivity index is 1.68. The summed E-state index contributed by atoms with van der Waals surface area (Å²) in [7, 11) is 0. The molecule has 0 aromatic heterocycles. The molecule has 1 aromatic carbocycles. The lowest BCUT2D eigenvalue weighted by Crippen LogP contribution is -2.35. The third-order valence-corrected chi connectivity index (χ3v) is 6.18. The average Bonchev–Trinajstić information content (AvgIpc) is 2.80. The van der Waals surface area contributed by atoms with E-state index in [4.69, 9.17) is 18.9 Å². The molecule has 0 bridgehead atoms. The van der Waals surface area contributed by atoms with Gasteiger partial charge in [0.25, 0.3) is 0 Å². The van der Waals surface area contributed by atoms with Crippen LogP contribution < -0.4 is 4.74 Å². The van der Waals surface area contributed by atoms with Crippen LogP contribution in [0.4, 0.5) is 4.79 Å². The smallest absolute Gasteiger partial charge is 0.463 e. The second kappa shape index (κ2) is 14.4. The number of carbonyl (C=O) groups excluding carboxylic acids is 3. The van der Waals surface area contributed by atoms with Crippen molar-refractivity contribution in [1.82, 2.24) is 0 Å². The lowest BCUT2D eigenvalue weighted by atomic mass is 9.75. The van der Waals surface area contributed by atoms with Gasteiger partial charge in [0.15, 0.2) is 0 Å². The SMILES string of the molecule is C=CC(=O)OCCCCCCOC(=O)Oc1ccc(C(=O)OC2CC(C)CCC2C(C)C)cc1. The number of hydrogen-bond donors (Lipinski definition) is 0. The van der Waals surface area contributed by atoms with Crippen molar-refractivity contribution in [1.29, 1.82) is 0 Å². The number of rotatable bonds is 12. The summed E-state index contributed by atoms with van der Waals surface area (Å²) in [6, 6.07) is 6.32. The van der Waals surface area contributed by atoms with Crippen molar-refractivity contribution in [2.45, 2.75) is 71.8 Å². The van der Waals surface area contributed by atoms with Gasteiger partial charge in [0.1, 0.15) is 11.9 Å². The highest BCUT2D eigenvalue weighted by Gasteiger charge is 2.33. The van der Waals surface area contributed by atoms with Crippen LogP contribution in [0.2, 0.25) is 0 Å². The Morgan fingerprint density at radius 1 is 1.00 bits per heavy atom. The fourth-order valence-electron chi connectivity index (χ4n) is 4.19. The molecule has 34 heavy (non-hydrogen) atoms. The van der Waals surface area contributed by atoms with Crippen LogP contribution in [-0.4, -0.2) is 37.4 Å². The minimum absolute atomic E-state index is 0.0654. The molecular weight excluding hydrogens is 436 g/mol.